The van der Waals surface area contributed by atoms with Crippen molar-refractivity contribution in [2.75, 3.05) is 13.1 Å². The minimum Gasteiger partial charge on any atom is -0.480 e. The Labute approximate surface area is 115 Å². The normalized spacial score (nSPS) is 10.2. The van der Waals surface area contributed by atoms with Gasteiger partial charge in [-0.1, -0.05) is 13.0 Å². The minimum atomic E-state index is -1.11. The maximum absolute atomic E-state index is 13.0. The van der Waals surface area contributed by atoms with Gasteiger partial charge in [0.2, 0.25) is 0 Å². The van der Waals surface area contributed by atoms with Crippen molar-refractivity contribution in [3.05, 3.63) is 35.4 Å². The lowest BCUT2D eigenvalue weighted by atomic mass is 10.2. The Bertz CT molecular complexity index is 495. The fourth-order valence-electron chi connectivity index (χ4n) is 1.62. The first-order chi connectivity index (χ1) is 9.43. The molecule has 0 unspecified atom stereocenters. The molecule has 0 atom stereocenters. The maximum atomic E-state index is 13.0. The number of aliphatic carboxylic acids is 1. The Morgan fingerprint density at radius 3 is 2.55 bits per heavy atom. The molecule has 110 valence electrons. The fraction of sp³-hybridized carbons (Fsp3) is 0.385. The largest absolute Gasteiger partial charge is 0.480 e. The Morgan fingerprint density at radius 2 is 2.00 bits per heavy atom. The van der Waals surface area contributed by atoms with Crippen molar-refractivity contribution in [3.8, 4) is 0 Å². The van der Waals surface area contributed by atoms with E-state index in [4.69, 9.17) is 5.11 Å². The summed E-state index contributed by atoms with van der Waals surface area (Å²) in [5.74, 6) is -3.06. The third-order valence-corrected chi connectivity index (χ3v) is 2.53. The molecule has 7 heteroatoms. The van der Waals surface area contributed by atoms with Gasteiger partial charge in [-0.3, -0.25) is 4.79 Å². The summed E-state index contributed by atoms with van der Waals surface area (Å²) in [7, 11) is 0. The predicted molar refractivity (Wildman–Crippen MR) is 68.1 cm³/mol. The van der Waals surface area contributed by atoms with Crippen molar-refractivity contribution in [1.82, 2.24) is 10.2 Å². The smallest absolute Gasteiger partial charge is 0.323 e. The second kappa shape index (κ2) is 7.42. The number of carbonyl (C=O) groups excluding carboxylic acids is 1. The Balaban J connectivity index is 2.59. The van der Waals surface area contributed by atoms with Crippen LogP contribution in [0.5, 0.6) is 0 Å². The number of halogens is 2. The molecule has 0 aliphatic heterocycles. The molecule has 0 bridgehead atoms. The number of nitrogens with zero attached hydrogens (tertiary/aromatic N) is 1. The SMILES string of the molecule is CCCN(CC(=O)O)C(=O)NCc1ccc(F)c(F)c1. The van der Waals surface area contributed by atoms with E-state index in [0.29, 0.717) is 18.5 Å². The minimum absolute atomic E-state index is 0.00410. The first kappa shape index (κ1) is 15.9. The maximum Gasteiger partial charge on any atom is 0.323 e. The highest BCUT2D eigenvalue weighted by atomic mass is 19.2. The average molecular weight is 286 g/mol. The van der Waals surface area contributed by atoms with Crippen LogP contribution in [0.3, 0.4) is 0 Å². The lowest BCUT2D eigenvalue weighted by Crippen LogP contribution is -2.42. The Morgan fingerprint density at radius 1 is 1.30 bits per heavy atom. The molecule has 0 aliphatic carbocycles. The summed E-state index contributed by atoms with van der Waals surface area (Å²) in [6.45, 7) is 1.71. The second-order valence-corrected chi connectivity index (χ2v) is 4.22. The lowest BCUT2D eigenvalue weighted by Gasteiger charge is -2.20. The van der Waals surface area contributed by atoms with Gasteiger partial charge in [-0.15, -0.1) is 0 Å². The number of urea groups is 1. The lowest BCUT2D eigenvalue weighted by molar-refractivity contribution is -0.137. The molecule has 0 saturated heterocycles. The van der Waals surface area contributed by atoms with Crippen LogP contribution in [0.4, 0.5) is 13.6 Å². The van der Waals surface area contributed by atoms with Gasteiger partial charge >= 0.3 is 12.0 Å². The van der Waals surface area contributed by atoms with E-state index >= 15 is 0 Å². The average Bonchev–Trinajstić information content (AvgIpc) is 2.39. The molecule has 0 heterocycles. The Kier molecular flexibility index (Phi) is 5.89. The van der Waals surface area contributed by atoms with Crippen LogP contribution < -0.4 is 5.32 Å². The first-order valence-electron chi connectivity index (χ1n) is 6.12. The van der Waals surface area contributed by atoms with Crippen molar-refractivity contribution in [2.45, 2.75) is 19.9 Å². The summed E-state index contributed by atoms with van der Waals surface area (Å²) >= 11 is 0. The molecule has 0 saturated carbocycles. The molecule has 1 aromatic rings. The van der Waals surface area contributed by atoms with E-state index in [-0.39, 0.29) is 6.54 Å². The number of benzene rings is 1. The number of carboxylic acids is 1. The molecule has 1 aromatic carbocycles. The molecule has 1 rings (SSSR count). The third-order valence-electron chi connectivity index (χ3n) is 2.53. The monoisotopic (exact) mass is 286 g/mol. The van der Waals surface area contributed by atoms with E-state index in [9.17, 15) is 18.4 Å². The van der Waals surface area contributed by atoms with E-state index in [1.54, 1.807) is 0 Å². The van der Waals surface area contributed by atoms with Crippen LogP contribution in [0.2, 0.25) is 0 Å². The summed E-state index contributed by atoms with van der Waals surface area (Å²) in [6, 6.07) is 2.74. The van der Waals surface area contributed by atoms with E-state index in [1.807, 2.05) is 6.92 Å². The molecule has 2 N–H and O–H groups in total. The van der Waals surface area contributed by atoms with Crippen molar-refractivity contribution in [3.63, 3.8) is 0 Å². The zero-order valence-corrected chi connectivity index (χ0v) is 11.0. The molecule has 0 radical (unpaired) electrons. The molecule has 5 nitrogen and oxygen atoms in total. The molecule has 0 aliphatic rings. The van der Waals surface area contributed by atoms with Gasteiger partial charge in [0.15, 0.2) is 11.6 Å². The van der Waals surface area contributed by atoms with Crippen molar-refractivity contribution in [1.29, 1.82) is 0 Å². The van der Waals surface area contributed by atoms with Gasteiger partial charge in [0, 0.05) is 13.1 Å². The highest BCUT2D eigenvalue weighted by Gasteiger charge is 2.15. The molecule has 2 amide bonds. The van der Waals surface area contributed by atoms with Crippen LogP contribution in [0.15, 0.2) is 18.2 Å². The molecule has 0 aromatic heterocycles. The molecular weight excluding hydrogens is 270 g/mol. The number of carbonyl (C=O) groups is 2. The van der Waals surface area contributed by atoms with Crippen LogP contribution in [0.1, 0.15) is 18.9 Å². The standard InChI is InChI=1S/C13H16F2N2O3/c1-2-5-17(8-12(18)19)13(20)16-7-9-3-4-10(14)11(15)6-9/h3-4,6H,2,5,7-8H2,1H3,(H,16,20)(H,18,19). The number of hydrogen-bond acceptors (Lipinski definition) is 2. The van der Waals surface area contributed by atoms with E-state index < -0.39 is 30.2 Å². The number of rotatable bonds is 6. The van der Waals surface area contributed by atoms with Crippen LogP contribution in [0.25, 0.3) is 0 Å². The summed E-state index contributed by atoms with van der Waals surface area (Å²) in [6.07, 6.45) is 0.617. The summed E-state index contributed by atoms with van der Waals surface area (Å²) in [5.41, 5.74) is 0.393. The van der Waals surface area contributed by atoms with Crippen LogP contribution in [-0.4, -0.2) is 35.1 Å². The summed E-state index contributed by atoms with van der Waals surface area (Å²) in [4.78, 5) is 23.6. The fourth-order valence-corrected chi connectivity index (χ4v) is 1.62. The third kappa shape index (κ3) is 4.83. The van der Waals surface area contributed by atoms with Gasteiger partial charge in [0.1, 0.15) is 6.54 Å². The highest BCUT2D eigenvalue weighted by molar-refractivity contribution is 5.80. The van der Waals surface area contributed by atoms with Crippen LogP contribution in [0, 0.1) is 11.6 Å². The first-order valence-corrected chi connectivity index (χ1v) is 6.12. The summed E-state index contributed by atoms with van der Waals surface area (Å²) in [5, 5.41) is 11.2. The van der Waals surface area contributed by atoms with Gasteiger partial charge in [0.25, 0.3) is 0 Å². The zero-order valence-electron chi connectivity index (χ0n) is 11.0. The van der Waals surface area contributed by atoms with Gasteiger partial charge < -0.3 is 15.3 Å². The second-order valence-electron chi connectivity index (χ2n) is 4.22. The van der Waals surface area contributed by atoms with Crippen LogP contribution in [-0.2, 0) is 11.3 Å². The van der Waals surface area contributed by atoms with E-state index in [0.717, 1.165) is 17.0 Å². The van der Waals surface area contributed by atoms with Crippen molar-refractivity contribution in [2.24, 2.45) is 0 Å². The topological polar surface area (TPSA) is 69.6 Å². The predicted octanol–water partition coefficient (Wildman–Crippen LogP) is 1.97. The van der Waals surface area contributed by atoms with Gasteiger partial charge in [-0.2, -0.15) is 0 Å². The molecule has 0 fully saturated rings. The molecule has 0 spiro atoms. The number of amides is 2. The van der Waals surface area contributed by atoms with Gasteiger partial charge in [-0.25, -0.2) is 13.6 Å². The van der Waals surface area contributed by atoms with Gasteiger partial charge in [0.05, 0.1) is 0 Å². The van der Waals surface area contributed by atoms with Gasteiger partial charge in [-0.05, 0) is 24.1 Å². The quantitative estimate of drug-likeness (QED) is 0.840. The molecular formula is C13H16F2N2O3. The Hall–Kier alpha value is -2.18. The number of nitrogens with one attached hydrogen (secondary N) is 1. The van der Waals surface area contributed by atoms with Crippen LogP contribution >= 0.6 is 0 Å². The van der Waals surface area contributed by atoms with E-state index in [1.165, 1.54) is 6.07 Å². The van der Waals surface area contributed by atoms with Crippen molar-refractivity contribution >= 4 is 12.0 Å². The van der Waals surface area contributed by atoms with Crippen molar-refractivity contribution < 1.29 is 23.5 Å². The number of carboxylic acid groups (broad SMARTS) is 1. The number of hydrogen-bond donors (Lipinski definition) is 2. The highest BCUT2D eigenvalue weighted by Crippen LogP contribution is 2.08. The molecule has 20 heavy (non-hydrogen) atoms. The van der Waals surface area contributed by atoms with E-state index in [2.05, 4.69) is 5.32 Å². The summed E-state index contributed by atoms with van der Waals surface area (Å²) < 4.78 is 25.7. The zero-order chi connectivity index (χ0) is 15.1.